The van der Waals surface area contributed by atoms with Crippen LogP contribution in [0.1, 0.15) is 37.4 Å². The van der Waals surface area contributed by atoms with Gasteiger partial charge in [-0.05, 0) is 37.6 Å². The Morgan fingerprint density at radius 1 is 1.09 bits per heavy atom. The molecular weight excluding hydrogens is 422 g/mol. The number of likely N-dealkylation sites (tertiary alicyclic amines) is 1. The summed E-state index contributed by atoms with van der Waals surface area (Å²) < 4.78 is 11.0. The van der Waals surface area contributed by atoms with Gasteiger partial charge in [-0.25, -0.2) is 0 Å². The van der Waals surface area contributed by atoms with Crippen LogP contribution in [0.15, 0.2) is 48.3 Å². The smallest absolute Gasteiger partial charge is 0.295 e. The topological polar surface area (TPSA) is 96.2 Å². The zero-order valence-electron chi connectivity index (χ0n) is 19.6. The largest absolute Gasteiger partial charge is 0.872 e. The van der Waals surface area contributed by atoms with Crippen LogP contribution in [0.3, 0.4) is 0 Å². The van der Waals surface area contributed by atoms with E-state index < -0.39 is 23.5 Å². The molecule has 1 aliphatic heterocycles. The summed E-state index contributed by atoms with van der Waals surface area (Å²) in [6.45, 7) is 7.41. The minimum absolute atomic E-state index is 0.0760. The van der Waals surface area contributed by atoms with E-state index in [-0.39, 0.29) is 5.57 Å². The Labute approximate surface area is 194 Å². The molecule has 3 rings (SSSR count). The fourth-order valence-corrected chi connectivity index (χ4v) is 4.31. The first kappa shape index (κ1) is 24.3. The van der Waals surface area contributed by atoms with Gasteiger partial charge in [0.2, 0.25) is 5.78 Å². The van der Waals surface area contributed by atoms with Crippen molar-refractivity contribution in [3.8, 4) is 11.5 Å². The van der Waals surface area contributed by atoms with Gasteiger partial charge < -0.3 is 24.4 Å². The van der Waals surface area contributed by atoms with Crippen LogP contribution in [0, 0.1) is 0 Å². The van der Waals surface area contributed by atoms with Crippen LogP contribution in [0.2, 0.25) is 0 Å². The number of ketones is 1. The number of hydrogen-bond donors (Lipinski definition) is 1. The van der Waals surface area contributed by atoms with E-state index >= 15 is 0 Å². The molecule has 0 radical (unpaired) electrons. The van der Waals surface area contributed by atoms with Crippen LogP contribution in [0.5, 0.6) is 11.5 Å². The number of methoxy groups -OCH3 is 2. The van der Waals surface area contributed by atoms with Gasteiger partial charge in [-0.2, -0.15) is 0 Å². The number of ether oxygens (including phenoxy) is 2. The quantitative estimate of drug-likeness (QED) is 0.322. The number of quaternary nitrogens is 1. The molecule has 176 valence electrons. The summed E-state index contributed by atoms with van der Waals surface area (Å²) in [5.41, 5.74) is 0.777. The molecule has 0 spiro atoms. The lowest BCUT2D eigenvalue weighted by molar-refractivity contribution is -0.896. The lowest BCUT2D eigenvalue weighted by Gasteiger charge is -2.29. The Morgan fingerprint density at radius 2 is 1.79 bits per heavy atom. The van der Waals surface area contributed by atoms with Crippen molar-refractivity contribution in [1.29, 1.82) is 0 Å². The number of amides is 1. The highest BCUT2D eigenvalue weighted by Crippen LogP contribution is 2.45. The van der Waals surface area contributed by atoms with Crippen LogP contribution in [0.4, 0.5) is 0 Å². The second kappa shape index (κ2) is 11.0. The minimum Gasteiger partial charge on any atom is -0.872 e. The lowest BCUT2D eigenvalue weighted by atomic mass is 9.94. The Bertz CT molecular complexity index is 1020. The second-order valence-corrected chi connectivity index (χ2v) is 7.85. The van der Waals surface area contributed by atoms with Gasteiger partial charge in [0.15, 0.2) is 11.5 Å². The third kappa shape index (κ3) is 4.85. The molecule has 0 saturated carbocycles. The van der Waals surface area contributed by atoms with Crippen molar-refractivity contribution in [2.75, 3.05) is 40.4 Å². The van der Waals surface area contributed by atoms with Gasteiger partial charge in [0.25, 0.3) is 5.91 Å². The number of aromatic nitrogens is 1. The molecule has 1 fully saturated rings. The van der Waals surface area contributed by atoms with E-state index in [2.05, 4.69) is 18.8 Å². The molecule has 1 saturated heterocycles. The van der Waals surface area contributed by atoms with Crippen LogP contribution in [-0.4, -0.2) is 62.0 Å². The van der Waals surface area contributed by atoms with Gasteiger partial charge in [0, 0.05) is 36.5 Å². The molecule has 0 aliphatic carbocycles. The number of nitrogens with one attached hydrogen (secondary N) is 1. The Balaban J connectivity index is 2.12. The van der Waals surface area contributed by atoms with E-state index in [1.807, 2.05) is 0 Å². The van der Waals surface area contributed by atoms with Crippen LogP contribution >= 0.6 is 0 Å². The van der Waals surface area contributed by atoms with Crippen molar-refractivity contribution in [3.63, 3.8) is 0 Å². The Hall–Kier alpha value is -3.39. The highest BCUT2D eigenvalue weighted by Gasteiger charge is 2.45. The number of rotatable bonds is 10. The van der Waals surface area contributed by atoms with Crippen molar-refractivity contribution < 1.29 is 29.1 Å². The van der Waals surface area contributed by atoms with E-state index in [4.69, 9.17) is 9.47 Å². The molecule has 2 heterocycles. The normalized spacial score (nSPS) is 17.6. The van der Waals surface area contributed by atoms with Crippen molar-refractivity contribution in [1.82, 2.24) is 9.88 Å². The highest BCUT2D eigenvalue weighted by atomic mass is 16.5. The number of carbonyl (C=O) groups excluding carboxylic acids is 2. The molecule has 1 aromatic carbocycles. The first-order chi connectivity index (χ1) is 16.0. The van der Waals surface area contributed by atoms with Crippen LogP contribution < -0.4 is 19.5 Å². The average molecular weight is 454 g/mol. The Kier molecular flexibility index (Phi) is 8.06. The van der Waals surface area contributed by atoms with Gasteiger partial charge >= 0.3 is 0 Å². The van der Waals surface area contributed by atoms with Gasteiger partial charge in [-0.1, -0.05) is 17.9 Å². The fraction of sp³-hybridized carbons (Fsp3) is 0.400. The SMILES string of the molecule is CC[NH+](CC)CCCN1C(=O)C(=O)C(=C([O-])c2ccncc2)C1c1cccc(OC)c1OC. The second-order valence-electron chi connectivity index (χ2n) is 7.85. The number of hydrogen-bond acceptors (Lipinski definition) is 6. The minimum atomic E-state index is -0.859. The van der Waals surface area contributed by atoms with E-state index in [9.17, 15) is 14.7 Å². The molecule has 1 unspecified atom stereocenters. The summed E-state index contributed by atoms with van der Waals surface area (Å²) >= 11 is 0. The standard InChI is InChI=1S/C25H31N3O5/c1-5-27(6-2)15-8-16-28-21(18-9-7-10-19(32-3)24(18)33-4)20(23(30)25(28)31)22(29)17-11-13-26-14-12-17/h7,9-14,21,29H,5-6,8,15-16H2,1-4H3. The summed E-state index contributed by atoms with van der Waals surface area (Å²) in [7, 11) is 3.02. The lowest BCUT2D eigenvalue weighted by Crippen LogP contribution is -3.11. The summed E-state index contributed by atoms with van der Waals surface area (Å²) in [6, 6.07) is 7.48. The van der Waals surface area contributed by atoms with Gasteiger partial charge in [-0.15, -0.1) is 0 Å². The maximum Gasteiger partial charge on any atom is 0.295 e. The maximum absolute atomic E-state index is 13.4. The summed E-state index contributed by atoms with van der Waals surface area (Å²) in [4.78, 5) is 33.1. The average Bonchev–Trinajstić information content (AvgIpc) is 3.10. The highest BCUT2D eigenvalue weighted by molar-refractivity contribution is 6.46. The molecule has 0 bridgehead atoms. The fourth-order valence-electron chi connectivity index (χ4n) is 4.31. The summed E-state index contributed by atoms with van der Waals surface area (Å²) in [5, 5.41) is 13.4. The van der Waals surface area contributed by atoms with Crippen molar-refractivity contribution >= 4 is 17.4 Å². The van der Waals surface area contributed by atoms with Gasteiger partial charge in [-0.3, -0.25) is 14.6 Å². The molecule has 1 aromatic heterocycles. The third-order valence-electron chi connectivity index (χ3n) is 6.13. The monoisotopic (exact) mass is 453 g/mol. The molecule has 1 aliphatic rings. The maximum atomic E-state index is 13.4. The Morgan fingerprint density at radius 3 is 2.39 bits per heavy atom. The number of benzene rings is 1. The van der Waals surface area contributed by atoms with Crippen LogP contribution in [-0.2, 0) is 9.59 Å². The van der Waals surface area contributed by atoms with Crippen molar-refractivity contribution in [2.45, 2.75) is 26.3 Å². The zero-order chi connectivity index (χ0) is 24.0. The molecule has 8 heteroatoms. The van der Waals surface area contributed by atoms with E-state index in [1.54, 1.807) is 30.3 Å². The number of Topliss-reactive ketones (excluding diaryl/α,β-unsaturated/α-hetero) is 1. The number of pyridine rings is 1. The van der Waals surface area contributed by atoms with Crippen LogP contribution in [0.25, 0.3) is 5.76 Å². The number of nitrogens with zero attached hydrogens (tertiary/aromatic N) is 2. The third-order valence-corrected chi connectivity index (χ3v) is 6.13. The molecule has 1 amide bonds. The number of para-hydroxylation sites is 1. The van der Waals surface area contributed by atoms with Crippen molar-refractivity contribution in [2.24, 2.45) is 0 Å². The molecular formula is C25H31N3O5. The predicted octanol–water partition coefficient (Wildman–Crippen LogP) is 0.638. The molecule has 2 aromatic rings. The summed E-state index contributed by atoms with van der Waals surface area (Å²) in [5.74, 6) is -1.07. The van der Waals surface area contributed by atoms with Gasteiger partial charge in [0.1, 0.15) is 0 Å². The van der Waals surface area contributed by atoms with E-state index in [0.29, 0.717) is 35.6 Å². The number of carbonyl (C=O) groups is 2. The molecule has 1 atom stereocenters. The zero-order valence-corrected chi connectivity index (χ0v) is 19.6. The molecule has 33 heavy (non-hydrogen) atoms. The molecule has 1 N–H and O–H groups in total. The van der Waals surface area contributed by atoms with Crippen molar-refractivity contribution in [3.05, 3.63) is 59.4 Å². The first-order valence-corrected chi connectivity index (χ1v) is 11.2. The van der Waals surface area contributed by atoms with E-state index in [1.165, 1.54) is 36.4 Å². The predicted molar refractivity (Wildman–Crippen MR) is 122 cm³/mol. The summed E-state index contributed by atoms with van der Waals surface area (Å²) in [6.07, 6.45) is 3.68. The van der Waals surface area contributed by atoms with Gasteiger partial charge in [0.05, 0.1) is 39.9 Å². The first-order valence-electron chi connectivity index (χ1n) is 11.2. The molecule has 8 nitrogen and oxygen atoms in total. The van der Waals surface area contributed by atoms with E-state index in [0.717, 1.165) is 19.6 Å².